The minimum Gasteiger partial charge on any atom is -0.396 e. The quantitative estimate of drug-likeness (QED) is 0.886. The lowest BCUT2D eigenvalue weighted by Crippen LogP contribution is -2.30. The first-order chi connectivity index (χ1) is 10.6. The highest BCUT2D eigenvalue weighted by Crippen LogP contribution is 2.27. The van der Waals surface area contributed by atoms with E-state index in [0.717, 1.165) is 5.56 Å². The van der Waals surface area contributed by atoms with Crippen LogP contribution in [0.3, 0.4) is 0 Å². The molecule has 1 saturated heterocycles. The summed E-state index contributed by atoms with van der Waals surface area (Å²) in [5.74, 6) is -0.00872. The smallest absolute Gasteiger partial charge is 0.276 e. The molecule has 1 aliphatic rings. The van der Waals surface area contributed by atoms with E-state index in [2.05, 4.69) is 5.16 Å². The van der Waals surface area contributed by atoms with E-state index in [-0.39, 0.29) is 30.7 Å². The summed E-state index contributed by atoms with van der Waals surface area (Å²) < 4.78 is 5.33. The second kappa shape index (κ2) is 5.90. The predicted octanol–water partition coefficient (Wildman–Crippen LogP) is 1.08. The van der Waals surface area contributed by atoms with Gasteiger partial charge in [0.1, 0.15) is 0 Å². The molecule has 0 radical (unpaired) electrons. The maximum atomic E-state index is 12.5. The van der Waals surface area contributed by atoms with Gasteiger partial charge in [-0.25, -0.2) is 0 Å². The Bertz CT molecular complexity index is 668. The minimum absolute atomic E-state index is 0.141. The van der Waals surface area contributed by atoms with Gasteiger partial charge in [-0.15, -0.1) is 0 Å². The van der Waals surface area contributed by atoms with Crippen LogP contribution in [-0.2, 0) is 0 Å². The molecule has 6 heteroatoms. The molecule has 22 heavy (non-hydrogen) atoms. The van der Waals surface area contributed by atoms with E-state index < -0.39 is 6.10 Å². The molecule has 0 saturated carbocycles. The van der Waals surface area contributed by atoms with Gasteiger partial charge in [-0.3, -0.25) is 4.79 Å². The van der Waals surface area contributed by atoms with Crippen LogP contribution < -0.4 is 0 Å². The standard InChI is InChI=1S/C16H18N2O4/c1-10-14(16(21)18-7-12(9-19)13(20)8-18)17-22-15(10)11-5-3-2-4-6-11/h2-6,12-13,19-20H,7-9H2,1H3. The molecule has 1 aliphatic heterocycles. The summed E-state index contributed by atoms with van der Waals surface area (Å²) in [7, 11) is 0. The van der Waals surface area contributed by atoms with Gasteiger partial charge in [-0.1, -0.05) is 35.5 Å². The molecule has 1 aromatic carbocycles. The lowest BCUT2D eigenvalue weighted by molar-refractivity contribution is 0.0752. The Kier molecular flexibility index (Phi) is 3.96. The normalized spacial score (nSPS) is 21.3. The average Bonchev–Trinajstić information content (AvgIpc) is 3.10. The molecule has 2 N–H and O–H groups in total. The molecule has 2 aromatic rings. The fraction of sp³-hybridized carbons (Fsp3) is 0.375. The Hall–Kier alpha value is -2.18. The zero-order valence-electron chi connectivity index (χ0n) is 12.3. The Labute approximate surface area is 128 Å². The number of rotatable bonds is 3. The van der Waals surface area contributed by atoms with Crippen LogP contribution >= 0.6 is 0 Å². The average molecular weight is 302 g/mol. The van der Waals surface area contributed by atoms with Crippen molar-refractivity contribution >= 4 is 5.91 Å². The van der Waals surface area contributed by atoms with Gasteiger partial charge in [0, 0.05) is 30.1 Å². The van der Waals surface area contributed by atoms with Crippen molar-refractivity contribution in [2.24, 2.45) is 5.92 Å². The first-order valence-corrected chi connectivity index (χ1v) is 7.21. The second-order valence-corrected chi connectivity index (χ2v) is 5.57. The number of carbonyl (C=O) groups excluding carboxylic acids is 1. The third kappa shape index (κ3) is 2.51. The lowest BCUT2D eigenvalue weighted by atomic mass is 10.1. The van der Waals surface area contributed by atoms with E-state index in [4.69, 9.17) is 4.52 Å². The Morgan fingerprint density at radius 3 is 2.73 bits per heavy atom. The number of hydrogen-bond acceptors (Lipinski definition) is 5. The van der Waals surface area contributed by atoms with Crippen LogP contribution in [0.1, 0.15) is 16.1 Å². The van der Waals surface area contributed by atoms with Crippen molar-refractivity contribution in [3.8, 4) is 11.3 Å². The third-order valence-corrected chi connectivity index (χ3v) is 4.09. The molecule has 0 spiro atoms. The molecule has 2 heterocycles. The monoisotopic (exact) mass is 302 g/mol. The molecule has 6 nitrogen and oxygen atoms in total. The highest BCUT2D eigenvalue weighted by Gasteiger charge is 2.35. The van der Waals surface area contributed by atoms with Gasteiger partial charge in [-0.05, 0) is 6.92 Å². The molecule has 1 amide bonds. The summed E-state index contributed by atoms with van der Waals surface area (Å²) in [5, 5.41) is 22.9. The predicted molar refractivity (Wildman–Crippen MR) is 79.2 cm³/mol. The van der Waals surface area contributed by atoms with Crippen LogP contribution in [0, 0.1) is 12.8 Å². The molecule has 1 fully saturated rings. The van der Waals surface area contributed by atoms with Crippen molar-refractivity contribution in [2.45, 2.75) is 13.0 Å². The van der Waals surface area contributed by atoms with E-state index >= 15 is 0 Å². The summed E-state index contributed by atoms with van der Waals surface area (Å²) in [6.45, 7) is 2.18. The number of aliphatic hydroxyl groups excluding tert-OH is 2. The topological polar surface area (TPSA) is 86.8 Å². The van der Waals surface area contributed by atoms with Crippen LogP contribution in [0.15, 0.2) is 34.9 Å². The van der Waals surface area contributed by atoms with Gasteiger partial charge in [0.15, 0.2) is 11.5 Å². The molecule has 2 atom stereocenters. The zero-order chi connectivity index (χ0) is 15.7. The van der Waals surface area contributed by atoms with E-state index in [9.17, 15) is 15.0 Å². The number of likely N-dealkylation sites (tertiary alicyclic amines) is 1. The minimum atomic E-state index is -0.699. The van der Waals surface area contributed by atoms with Crippen LogP contribution in [-0.4, -0.2) is 52.0 Å². The second-order valence-electron chi connectivity index (χ2n) is 5.57. The summed E-state index contributed by atoms with van der Waals surface area (Å²) in [6.07, 6.45) is -0.699. The molecular weight excluding hydrogens is 284 g/mol. The number of nitrogens with zero attached hydrogens (tertiary/aromatic N) is 2. The van der Waals surface area contributed by atoms with Crippen molar-refractivity contribution in [3.05, 3.63) is 41.6 Å². The third-order valence-electron chi connectivity index (χ3n) is 4.09. The highest BCUT2D eigenvalue weighted by molar-refractivity contribution is 5.95. The maximum absolute atomic E-state index is 12.5. The summed E-state index contributed by atoms with van der Waals surface area (Å²) >= 11 is 0. The fourth-order valence-electron chi connectivity index (χ4n) is 2.74. The van der Waals surface area contributed by atoms with Crippen LogP contribution in [0.25, 0.3) is 11.3 Å². The van der Waals surface area contributed by atoms with Crippen LogP contribution in [0.5, 0.6) is 0 Å². The van der Waals surface area contributed by atoms with Crippen molar-refractivity contribution in [1.82, 2.24) is 10.1 Å². The number of β-amino-alcohol motifs (C(OH)–C–C–N with tert-alkyl or cyclic N) is 1. The van der Waals surface area contributed by atoms with E-state index in [0.29, 0.717) is 17.9 Å². The van der Waals surface area contributed by atoms with Crippen molar-refractivity contribution in [3.63, 3.8) is 0 Å². The summed E-state index contributed by atoms with van der Waals surface area (Å²) in [5.41, 5.74) is 1.80. The largest absolute Gasteiger partial charge is 0.396 e. The van der Waals surface area contributed by atoms with Crippen molar-refractivity contribution in [2.75, 3.05) is 19.7 Å². The number of aliphatic hydroxyl groups is 2. The number of hydrogen-bond donors (Lipinski definition) is 2. The first kappa shape index (κ1) is 14.7. The van der Waals surface area contributed by atoms with Gasteiger partial charge >= 0.3 is 0 Å². The summed E-state index contributed by atoms with van der Waals surface area (Å²) in [6, 6.07) is 9.47. The highest BCUT2D eigenvalue weighted by atomic mass is 16.5. The number of aromatic nitrogens is 1. The van der Waals surface area contributed by atoms with Gasteiger partial charge in [0.2, 0.25) is 0 Å². The Morgan fingerprint density at radius 2 is 2.09 bits per heavy atom. The molecular formula is C16H18N2O4. The zero-order valence-corrected chi connectivity index (χ0v) is 12.3. The lowest BCUT2D eigenvalue weighted by Gasteiger charge is -2.14. The van der Waals surface area contributed by atoms with Gasteiger partial charge in [-0.2, -0.15) is 0 Å². The van der Waals surface area contributed by atoms with Crippen molar-refractivity contribution in [1.29, 1.82) is 0 Å². The van der Waals surface area contributed by atoms with E-state index in [1.807, 2.05) is 30.3 Å². The Balaban J connectivity index is 1.85. The SMILES string of the molecule is Cc1c(C(=O)N2CC(O)C(CO)C2)noc1-c1ccccc1. The van der Waals surface area contributed by atoms with E-state index in [1.54, 1.807) is 6.92 Å². The van der Waals surface area contributed by atoms with Gasteiger partial charge < -0.3 is 19.6 Å². The molecule has 1 aromatic heterocycles. The molecule has 3 rings (SSSR count). The van der Waals surface area contributed by atoms with Crippen LogP contribution in [0.2, 0.25) is 0 Å². The summed E-state index contributed by atoms with van der Waals surface area (Å²) in [4.78, 5) is 14.0. The maximum Gasteiger partial charge on any atom is 0.276 e. The molecule has 0 aliphatic carbocycles. The van der Waals surface area contributed by atoms with E-state index in [1.165, 1.54) is 4.90 Å². The molecule has 116 valence electrons. The Morgan fingerprint density at radius 1 is 1.36 bits per heavy atom. The van der Waals surface area contributed by atoms with Crippen LogP contribution in [0.4, 0.5) is 0 Å². The fourth-order valence-corrected chi connectivity index (χ4v) is 2.74. The van der Waals surface area contributed by atoms with Gasteiger partial charge in [0.25, 0.3) is 5.91 Å². The number of amides is 1. The number of benzene rings is 1. The van der Waals surface area contributed by atoms with Crippen molar-refractivity contribution < 1.29 is 19.5 Å². The molecule has 2 unspecified atom stereocenters. The van der Waals surface area contributed by atoms with Gasteiger partial charge in [0.05, 0.1) is 12.7 Å². The first-order valence-electron chi connectivity index (χ1n) is 7.21. The molecule has 0 bridgehead atoms. The number of carbonyl (C=O) groups is 1.